The molecule has 2 fully saturated rings. The maximum absolute atomic E-state index is 12.6. The normalized spacial score (nSPS) is 18.1. The van der Waals surface area contributed by atoms with E-state index in [-0.39, 0.29) is 29.7 Å². The molecule has 2 amide bonds. The molecule has 0 saturated carbocycles. The summed E-state index contributed by atoms with van der Waals surface area (Å²) < 4.78 is 25.0. The van der Waals surface area contributed by atoms with Crippen molar-refractivity contribution in [2.24, 2.45) is 0 Å². The van der Waals surface area contributed by atoms with Crippen LogP contribution in [0.25, 0.3) is 0 Å². The van der Waals surface area contributed by atoms with Gasteiger partial charge in [-0.1, -0.05) is 12.1 Å². The second kappa shape index (κ2) is 9.54. The van der Waals surface area contributed by atoms with Gasteiger partial charge in [0.1, 0.15) is 0 Å². The van der Waals surface area contributed by atoms with Crippen molar-refractivity contribution in [3.63, 3.8) is 0 Å². The first kappa shape index (κ1) is 20.8. The third kappa shape index (κ3) is 5.80. The first-order valence-electron chi connectivity index (χ1n) is 10.3. The predicted molar refractivity (Wildman–Crippen MR) is 109 cm³/mol. The summed E-state index contributed by atoms with van der Waals surface area (Å²) in [6.07, 6.45) is 6.35. The highest BCUT2D eigenvalue weighted by Gasteiger charge is 2.22. The highest BCUT2D eigenvalue weighted by atomic mass is 32.2. The second-order valence-corrected chi connectivity index (χ2v) is 10.0. The quantitative estimate of drug-likeness (QED) is 0.728. The Morgan fingerprint density at radius 3 is 2.11 bits per heavy atom. The van der Waals surface area contributed by atoms with Gasteiger partial charge in [-0.2, -0.15) is 0 Å². The lowest BCUT2D eigenvalue weighted by Crippen LogP contribution is -2.36. The highest BCUT2D eigenvalue weighted by Crippen LogP contribution is 2.16. The van der Waals surface area contributed by atoms with Crippen molar-refractivity contribution in [2.45, 2.75) is 50.7 Å². The molecule has 28 heavy (non-hydrogen) atoms. The van der Waals surface area contributed by atoms with Crippen molar-refractivity contribution in [3.8, 4) is 0 Å². The standard InChI is InChI=1S/C21H30N2O4S/c24-20(22-11-3-1-4-12-22)10-15-28(26,27)17-18-8-7-9-19(16-18)21(25)23-13-5-2-6-14-23/h7-9,16H,1-6,10-15,17H2. The van der Waals surface area contributed by atoms with Crippen molar-refractivity contribution in [1.29, 1.82) is 0 Å². The Labute approximate surface area is 167 Å². The summed E-state index contributed by atoms with van der Waals surface area (Å²) in [4.78, 5) is 28.5. The van der Waals surface area contributed by atoms with Crippen molar-refractivity contribution < 1.29 is 18.0 Å². The van der Waals surface area contributed by atoms with E-state index in [9.17, 15) is 18.0 Å². The monoisotopic (exact) mass is 406 g/mol. The fourth-order valence-corrected chi connectivity index (χ4v) is 5.26. The number of piperidine rings is 2. The van der Waals surface area contributed by atoms with Crippen LogP contribution >= 0.6 is 0 Å². The van der Waals surface area contributed by atoms with Crippen LogP contribution in [0.5, 0.6) is 0 Å². The molecule has 0 N–H and O–H groups in total. The molecule has 154 valence electrons. The Hall–Kier alpha value is -1.89. The van der Waals surface area contributed by atoms with Crippen LogP contribution in [0.2, 0.25) is 0 Å². The largest absolute Gasteiger partial charge is 0.343 e. The number of carbonyl (C=O) groups is 2. The van der Waals surface area contributed by atoms with E-state index >= 15 is 0 Å². The van der Waals surface area contributed by atoms with Crippen LogP contribution in [0.3, 0.4) is 0 Å². The zero-order valence-corrected chi connectivity index (χ0v) is 17.3. The average Bonchev–Trinajstić information content (AvgIpc) is 2.72. The number of benzene rings is 1. The van der Waals surface area contributed by atoms with E-state index in [2.05, 4.69) is 0 Å². The molecular formula is C21H30N2O4S. The minimum Gasteiger partial charge on any atom is -0.343 e. The molecule has 2 aliphatic heterocycles. The summed E-state index contributed by atoms with van der Waals surface area (Å²) in [6.45, 7) is 3.00. The number of hydrogen-bond acceptors (Lipinski definition) is 4. The summed E-state index contributed by atoms with van der Waals surface area (Å²) >= 11 is 0. The first-order chi connectivity index (χ1) is 13.4. The summed E-state index contributed by atoms with van der Waals surface area (Å²) in [7, 11) is -3.41. The summed E-state index contributed by atoms with van der Waals surface area (Å²) in [6, 6.07) is 6.89. The van der Waals surface area contributed by atoms with Gasteiger partial charge in [0, 0.05) is 38.2 Å². The number of sulfone groups is 1. The van der Waals surface area contributed by atoms with Gasteiger partial charge in [0.2, 0.25) is 5.91 Å². The first-order valence-corrected chi connectivity index (χ1v) is 12.1. The van der Waals surface area contributed by atoms with Crippen LogP contribution in [-0.2, 0) is 20.4 Å². The Kier molecular flexibility index (Phi) is 7.10. The van der Waals surface area contributed by atoms with E-state index in [0.29, 0.717) is 11.1 Å². The Morgan fingerprint density at radius 2 is 1.46 bits per heavy atom. The van der Waals surface area contributed by atoms with Crippen molar-refractivity contribution in [2.75, 3.05) is 31.9 Å². The molecule has 0 aromatic heterocycles. The Balaban J connectivity index is 1.57. The number of likely N-dealkylation sites (tertiary alicyclic amines) is 2. The number of amides is 2. The number of nitrogens with zero attached hydrogens (tertiary/aromatic N) is 2. The molecule has 0 unspecified atom stereocenters. The van der Waals surface area contributed by atoms with Gasteiger partial charge in [-0.05, 0) is 56.2 Å². The fourth-order valence-electron chi connectivity index (χ4n) is 3.94. The molecular weight excluding hydrogens is 376 g/mol. The van der Waals surface area contributed by atoms with E-state index in [1.807, 2.05) is 4.90 Å². The second-order valence-electron chi connectivity index (χ2n) is 7.84. The van der Waals surface area contributed by atoms with E-state index in [1.54, 1.807) is 29.2 Å². The molecule has 1 aromatic rings. The van der Waals surface area contributed by atoms with Gasteiger partial charge < -0.3 is 9.80 Å². The molecule has 0 radical (unpaired) electrons. The number of rotatable bonds is 6. The van der Waals surface area contributed by atoms with Gasteiger partial charge in [-0.3, -0.25) is 9.59 Å². The van der Waals surface area contributed by atoms with Gasteiger partial charge in [0.25, 0.3) is 5.91 Å². The van der Waals surface area contributed by atoms with Crippen LogP contribution in [0.15, 0.2) is 24.3 Å². The highest BCUT2D eigenvalue weighted by molar-refractivity contribution is 7.90. The van der Waals surface area contributed by atoms with E-state index in [1.165, 1.54) is 0 Å². The zero-order valence-electron chi connectivity index (χ0n) is 16.4. The molecule has 2 aliphatic rings. The molecule has 2 saturated heterocycles. The molecule has 0 spiro atoms. The lowest BCUT2D eigenvalue weighted by Gasteiger charge is -2.27. The van der Waals surface area contributed by atoms with Gasteiger partial charge in [0.15, 0.2) is 9.84 Å². The zero-order chi connectivity index (χ0) is 20.0. The van der Waals surface area contributed by atoms with Crippen molar-refractivity contribution in [1.82, 2.24) is 9.80 Å². The Bertz CT molecular complexity index is 794. The molecule has 7 heteroatoms. The van der Waals surface area contributed by atoms with E-state index in [4.69, 9.17) is 0 Å². The fraction of sp³-hybridized carbons (Fsp3) is 0.619. The minimum atomic E-state index is -3.41. The molecule has 2 heterocycles. The van der Waals surface area contributed by atoms with Crippen LogP contribution < -0.4 is 0 Å². The summed E-state index contributed by atoms with van der Waals surface area (Å²) in [5.74, 6) is -0.384. The van der Waals surface area contributed by atoms with E-state index in [0.717, 1.165) is 64.7 Å². The lowest BCUT2D eigenvalue weighted by atomic mass is 10.1. The molecule has 1 aromatic carbocycles. The van der Waals surface area contributed by atoms with Crippen LogP contribution in [0, 0.1) is 0 Å². The smallest absolute Gasteiger partial charge is 0.253 e. The molecule has 0 atom stereocenters. The molecule has 0 bridgehead atoms. The third-order valence-corrected chi connectivity index (χ3v) is 7.14. The third-order valence-electron chi connectivity index (χ3n) is 5.54. The van der Waals surface area contributed by atoms with Gasteiger partial charge in [0.05, 0.1) is 11.5 Å². The maximum atomic E-state index is 12.6. The minimum absolute atomic E-state index is 0.0285. The number of hydrogen-bond donors (Lipinski definition) is 0. The van der Waals surface area contributed by atoms with Crippen LogP contribution in [-0.4, -0.2) is 62.0 Å². The molecule has 6 nitrogen and oxygen atoms in total. The SMILES string of the molecule is O=C(CCS(=O)(=O)Cc1cccc(C(=O)N2CCCCC2)c1)N1CCCCC1. The van der Waals surface area contributed by atoms with Crippen LogP contribution in [0.4, 0.5) is 0 Å². The van der Waals surface area contributed by atoms with Gasteiger partial charge in [-0.15, -0.1) is 0 Å². The lowest BCUT2D eigenvalue weighted by molar-refractivity contribution is -0.131. The van der Waals surface area contributed by atoms with Crippen molar-refractivity contribution in [3.05, 3.63) is 35.4 Å². The topological polar surface area (TPSA) is 74.8 Å². The predicted octanol–water partition coefficient (Wildman–Crippen LogP) is 2.63. The van der Waals surface area contributed by atoms with E-state index < -0.39 is 9.84 Å². The van der Waals surface area contributed by atoms with Gasteiger partial charge >= 0.3 is 0 Å². The average molecular weight is 407 g/mol. The van der Waals surface area contributed by atoms with Crippen LogP contribution in [0.1, 0.15) is 60.9 Å². The molecule has 0 aliphatic carbocycles. The number of carbonyl (C=O) groups excluding carboxylic acids is 2. The Morgan fingerprint density at radius 1 is 0.857 bits per heavy atom. The van der Waals surface area contributed by atoms with Gasteiger partial charge in [-0.25, -0.2) is 8.42 Å². The summed E-state index contributed by atoms with van der Waals surface area (Å²) in [5, 5.41) is 0. The van der Waals surface area contributed by atoms with Crippen molar-refractivity contribution >= 4 is 21.7 Å². The summed E-state index contributed by atoms with van der Waals surface area (Å²) in [5.41, 5.74) is 1.15. The maximum Gasteiger partial charge on any atom is 0.253 e. The molecule has 3 rings (SSSR count).